The lowest BCUT2D eigenvalue weighted by molar-refractivity contribution is 0.0377. The van der Waals surface area contributed by atoms with Crippen molar-refractivity contribution in [3.63, 3.8) is 0 Å². The van der Waals surface area contributed by atoms with Crippen molar-refractivity contribution in [3.8, 4) is 5.88 Å². The first-order valence-corrected chi connectivity index (χ1v) is 9.71. The molecule has 0 unspecified atom stereocenters. The molecule has 0 atom stereocenters. The van der Waals surface area contributed by atoms with E-state index in [1.807, 2.05) is 13.8 Å². The van der Waals surface area contributed by atoms with Crippen LogP contribution in [0.4, 0.5) is 5.69 Å². The fraction of sp³-hybridized carbons (Fsp3) is 0.300. The molecular weight excluding hydrogens is 378 g/mol. The summed E-state index contributed by atoms with van der Waals surface area (Å²) in [6, 6.07) is 6.66. The van der Waals surface area contributed by atoms with E-state index in [1.54, 1.807) is 38.1 Å². The molecule has 1 amide bonds. The summed E-state index contributed by atoms with van der Waals surface area (Å²) in [5.41, 5.74) is 1.65. The Kier molecular flexibility index (Phi) is 5.89. The second-order valence-corrected chi connectivity index (χ2v) is 7.34. The molecule has 3 aromatic rings. The standard InChI is InChI=1S/C20H21N3O4S/c1-5-26-18-15-12(4)16(28-19(15)22-10-21-18)17(24)23-14-8-6-7-13(9-14)20(25)27-11(2)3/h6-11H,5H2,1-4H3,(H,23,24). The van der Waals surface area contributed by atoms with E-state index in [-0.39, 0.29) is 12.0 Å². The molecule has 8 heteroatoms. The number of nitrogens with one attached hydrogen (secondary N) is 1. The van der Waals surface area contributed by atoms with Crippen LogP contribution in [-0.2, 0) is 4.74 Å². The van der Waals surface area contributed by atoms with E-state index in [1.165, 1.54) is 17.7 Å². The fourth-order valence-electron chi connectivity index (χ4n) is 2.70. The van der Waals surface area contributed by atoms with Gasteiger partial charge in [0, 0.05) is 5.69 Å². The molecule has 7 nitrogen and oxygen atoms in total. The van der Waals surface area contributed by atoms with Crippen molar-refractivity contribution in [2.75, 3.05) is 11.9 Å². The maximum Gasteiger partial charge on any atom is 0.338 e. The normalized spacial score (nSPS) is 10.9. The molecule has 0 spiro atoms. The van der Waals surface area contributed by atoms with Gasteiger partial charge in [-0.15, -0.1) is 11.3 Å². The number of benzene rings is 1. The molecule has 0 fully saturated rings. The van der Waals surface area contributed by atoms with Gasteiger partial charge in [0.25, 0.3) is 5.91 Å². The summed E-state index contributed by atoms with van der Waals surface area (Å²) in [6.07, 6.45) is 1.21. The first-order chi connectivity index (χ1) is 13.4. The summed E-state index contributed by atoms with van der Waals surface area (Å²) in [6.45, 7) is 7.76. The molecular formula is C20H21N3O4S. The highest BCUT2D eigenvalue weighted by Crippen LogP contribution is 2.34. The van der Waals surface area contributed by atoms with Crippen LogP contribution in [0.2, 0.25) is 0 Å². The third-order valence-electron chi connectivity index (χ3n) is 3.88. The van der Waals surface area contributed by atoms with Crippen LogP contribution in [0.1, 0.15) is 46.4 Å². The zero-order chi connectivity index (χ0) is 20.3. The summed E-state index contributed by atoms with van der Waals surface area (Å²) >= 11 is 1.28. The Labute approximate surface area is 166 Å². The number of hydrogen-bond acceptors (Lipinski definition) is 7. The van der Waals surface area contributed by atoms with Crippen molar-refractivity contribution in [3.05, 3.63) is 46.6 Å². The van der Waals surface area contributed by atoms with Crippen LogP contribution in [-0.4, -0.2) is 34.6 Å². The van der Waals surface area contributed by atoms with Gasteiger partial charge in [0.15, 0.2) is 0 Å². The number of esters is 1. The number of aryl methyl sites for hydroxylation is 1. The lowest BCUT2D eigenvalue weighted by Crippen LogP contribution is -2.14. The average molecular weight is 399 g/mol. The van der Waals surface area contributed by atoms with Gasteiger partial charge >= 0.3 is 5.97 Å². The van der Waals surface area contributed by atoms with Crippen LogP contribution < -0.4 is 10.1 Å². The number of carbonyl (C=O) groups is 2. The van der Waals surface area contributed by atoms with Gasteiger partial charge in [-0.2, -0.15) is 0 Å². The van der Waals surface area contributed by atoms with Gasteiger partial charge in [0.05, 0.1) is 28.5 Å². The van der Waals surface area contributed by atoms with E-state index in [9.17, 15) is 9.59 Å². The molecule has 0 aliphatic rings. The maximum atomic E-state index is 12.8. The van der Waals surface area contributed by atoms with Crippen molar-refractivity contribution in [1.29, 1.82) is 0 Å². The van der Waals surface area contributed by atoms with Crippen LogP contribution in [0.25, 0.3) is 10.2 Å². The van der Waals surface area contributed by atoms with Gasteiger partial charge in [0.1, 0.15) is 11.2 Å². The minimum Gasteiger partial charge on any atom is -0.477 e. The first kappa shape index (κ1) is 19.8. The van der Waals surface area contributed by atoms with Crippen molar-refractivity contribution in [2.24, 2.45) is 0 Å². The molecule has 2 aromatic heterocycles. The second-order valence-electron chi connectivity index (χ2n) is 6.34. The number of amides is 1. The second kappa shape index (κ2) is 8.35. The zero-order valence-electron chi connectivity index (χ0n) is 16.1. The number of rotatable bonds is 6. The Balaban J connectivity index is 1.87. The highest BCUT2D eigenvalue weighted by Gasteiger charge is 2.20. The topological polar surface area (TPSA) is 90.4 Å². The minimum atomic E-state index is -0.430. The van der Waals surface area contributed by atoms with Crippen molar-refractivity contribution >= 4 is 39.1 Å². The number of ether oxygens (including phenoxy) is 2. The van der Waals surface area contributed by atoms with Gasteiger partial charge in [-0.3, -0.25) is 4.79 Å². The van der Waals surface area contributed by atoms with Gasteiger partial charge in [-0.25, -0.2) is 14.8 Å². The van der Waals surface area contributed by atoms with E-state index in [0.29, 0.717) is 33.4 Å². The average Bonchev–Trinajstić information content (AvgIpc) is 2.99. The molecule has 0 saturated heterocycles. The van der Waals surface area contributed by atoms with Crippen molar-refractivity contribution in [1.82, 2.24) is 9.97 Å². The maximum absolute atomic E-state index is 12.8. The molecule has 0 bridgehead atoms. The quantitative estimate of drug-likeness (QED) is 0.624. The number of anilines is 1. The largest absolute Gasteiger partial charge is 0.477 e. The van der Waals surface area contributed by atoms with Gasteiger partial charge < -0.3 is 14.8 Å². The molecule has 146 valence electrons. The number of aromatic nitrogens is 2. The van der Waals surface area contributed by atoms with Crippen LogP contribution in [0.3, 0.4) is 0 Å². The predicted octanol–water partition coefficient (Wildman–Crippen LogP) is 4.22. The van der Waals surface area contributed by atoms with E-state index in [2.05, 4.69) is 15.3 Å². The summed E-state index contributed by atoms with van der Waals surface area (Å²) in [5, 5.41) is 3.58. The third-order valence-corrected chi connectivity index (χ3v) is 5.08. The predicted molar refractivity (Wildman–Crippen MR) is 108 cm³/mol. The minimum absolute atomic E-state index is 0.215. The Morgan fingerprint density at radius 1 is 1.25 bits per heavy atom. The Hall–Kier alpha value is -3.00. The Bertz CT molecular complexity index is 1030. The summed E-state index contributed by atoms with van der Waals surface area (Å²) in [4.78, 5) is 34.5. The fourth-order valence-corrected chi connectivity index (χ4v) is 3.73. The molecule has 0 saturated carbocycles. The Morgan fingerprint density at radius 3 is 2.75 bits per heavy atom. The number of carbonyl (C=O) groups excluding carboxylic acids is 2. The van der Waals surface area contributed by atoms with Crippen molar-refractivity contribution < 1.29 is 19.1 Å². The van der Waals surface area contributed by atoms with E-state index in [4.69, 9.17) is 9.47 Å². The molecule has 1 N–H and O–H groups in total. The zero-order valence-corrected chi connectivity index (χ0v) is 16.9. The smallest absolute Gasteiger partial charge is 0.338 e. The SMILES string of the molecule is CCOc1ncnc2sc(C(=O)Nc3cccc(C(=O)OC(C)C)c3)c(C)c12. The highest BCUT2D eigenvalue weighted by atomic mass is 32.1. The lowest BCUT2D eigenvalue weighted by atomic mass is 10.2. The molecule has 0 aliphatic carbocycles. The summed E-state index contributed by atoms with van der Waals surface area (Å²) in [7, 11) is 0. The highest BCUT2D eigenvalue weighted by molar-refractivity contribution is 7.20. The van der Waals surface area contributed by atoms with E-state index in [0.717, 1.165) is 10.9 Å². The lowest BCUT2D eigenvalue weighted by Gasteiger charge is -2.09. The Morgan fingerprint density at radius 2 is 2.04 bits per heavy atom. The van der Waals surface area contributed by atoms with Crippen LogP contribution in [0.5, 0.6) is 5.88 Å². The summed E-state index contributed by atoms with van der Waals surface area (Å²) in [5.74, 6) is -0.239. The molecule has 0 aliphatic heterocycles. The molecule has 1 aromatic carbocycles. The van der Waals surface area contributed by atoms with Gasteiger partial charge in [0.2, 0.25) is 5.88 Å². The first-order valence-electron chi connectivity index (χ1n) is 8.90. The van der Waals surface area contributed by atoms with Crippen LogP contribution in [0, 0.1) is 6.92 Å². The van der Waals surface area contributed by atoms with E-state index >= 15 is 0 Å². The number of thiophene rings is 1. The third kappa shape index (κ3) is 4.12. The number of hydrogen-bond donors (Lipinski definition) is 1. The van der Waals surface area contributed by atoms with Crippen LogP contribution >= 0.6 is 11.3 Å². The van der Waals surface area contributed by atoms with Crippen LogP contribution in [0.15, 0.2) is 30.6 Å². The molecule has 3 rings (SSSR count). The molecule has 0 radical (unpaired) electrons. The monoisotopic (exact) mass is 399 g/mol. The van der Waals surface area contributed by atoms with Crippen molar-refractivity contribution in [2.45, 2.75) is 33.8 Å². The van der Waals surface area contributed by atoms with E-state index < -0.39 is 5.97 Å². The molecule has 2 heterocycles. The number of fused-ring (bicyclic) bond motifs is 1. The number of nitrogens with zero attached hydrogens (tertiary/aromatic N) is 2. The molecule has 28 heavy (non-hydrogen) atoms. The van der Waals surface area contributed by atoms with Gasteiger partial charge in [-0.1, -0.05) is 6.07 Å². The van der Waals surface area contributed by atoms with Gasteiger partial charge in [-0.05, 0) is 51.5 Å². The summed E-state index contributed by atoms with van der Waals surface area (Å²) < 4.78 is 10.8.